The zero-order valence-electron chi connectivity index (χ0n) is 12.7. The van der Waals surface area contributed by atoms with Gasteiger partial charge in [-0.25, -0.2) is 0 Å². The Labute approximate surface area is 113 Å². The summed E-state index contributed by atoms with van der Waals surface area (Å²) < 4.78 is 0. The van der Waals surface area contributed by atoms with Gasteiger partial charge in [-0.05, 0) is 52.2 Å². The number of likely N-dealkylation sites (N-methyl/N-ethyl adjacent to an activating group) is 1. The lowest BCUT2D eigenvalue weighted by Crippen LogP contribution is -2.53. The maximum absolute atomic E-state index is 3.86. The molecule has 0 bridgehead atoms. The molecular weight excluding hydrogens is 222 g/mol. The molecule has 3 nitrogen and oxygen atoms in total. The van der Waals surface area contributed by atoms with Crippen LogP contribution in [0, 0.1) is 5.92 Å². The van der Waals surface area contributed by atoms with Crippen molar-refractivity contribution in [2.45, 2.75) is 58.2 Å². The number of hydrogen-bond acceptors (Lipinski definition) is 3. The van der Waals surface area contributed by atoms with Crippen molar-refractivity contribution in [2.75, 3.05) is 33.2 Å². The number of nitrogens with zero attached hydrogens (tertiary/aromatic N) is 2. The van der Waals surface area contributed by atoms with Gasteiger partial charge >= 0.3 is 0 Å². The summed E-state index contributed by atoms with van der Waals surface area (Å²) in [7, 11) is 2.26. The minimum absolute atomic E-state index is 0.718. The molecule has 18 heavy (non-hydrogen) atoms. The molecule has 2 aliphatic heterocycles. The highest BCUT2D eigenvalue weighted by atomic mass is 15.2. The standard InChI is InChI=1S/C15H31N3/c1-5-18-8-6-7-14(18)10-16-15-9-13(3)17(4)11-12(15)2/h12-16H,5-11H2,1-4H3. The van der Waals surface area contributed by atoms with Crippen LogP contribution >= 0.6 is 0 Å². The molecule has 2 heterocycles. The van der Waals surface area contributed by atoms with Crippen molar-refractivity contribution in [3.63, 3.8) is 0 Å². The van der Waals surface area contributed by atoms with Crippen LogP contribution in [0.3, 0.4) is 0 Å². The predicted octanol–water partition coefficient (Wildman–Crippen LogP) is 1.79. The summed E-state index contributed by atoms with van der Waals surface area (Å²) in [6.07, 6.45) is 4.08. The Hall–Kier alpha value is -0.120. The second-order valence-electron chi connectivity index (χ2n) is 6.44. The van der Waals surface area contributed by atoms with Crippen LogP contribution < -0.4 is 5.32 Å². The van der Waals surface area contributed by atoms with Crippen molar-refractivity contribution >= 4 is 0 Å². The molecule has 2 fully saturated rings. The predicted molar refractivity (Wildman–Crippen MR) is 77.9 cm³/mol. The molecular formula is C15H31N3. The van der Waals surface area contributed by atoms with Crippen LogP contribution in [0.15, 0.2) is 0 Å². The molecule has 106 valence electrons. The van der Waals surface area contributed by atoms with Crippen LogP contribution in [-0.4, -0.2) is 61.2 Å². The largest absolute Gasteiger partial charge is 0.312 e. The number of likely N-dealkylation sites (tertiary alicyclic amines) is 2. The first kappa shape index (κ1) is 14.3. The summed E-state index contributed by atoms with van der Waals surface area (Å²) in [6, 6.07) is 2.23. The Kier molecular flexibility index (Phi) is 5.05. The van der Waals surface area contributed by atoms with E-state index in [1.54, 1.807) is 0 Å². The van der Waals surface area contributed by atoms with E-state index in [1.807, 2.05) is 0 Å². The Bertz CT molecular complexity index is 256. The van der Waals surface area contributed by atoms with E-state index < -0.39 is 0 Å². The fourth-order valence-corrected chi connectivity index (χ4v) is 3.66. The Balaban J connectivity index is 1.79. The maximum atomic E-state index is 3.86. The SMILES string of the molecule is CCN1CCCC1CNC1CC(C)N(C)CC1C. The molecule has 2 aliphatic rings. The van der Waals surface area contributed by atoms with Crippen LogP contribution in [0.1, 0.15) is 40.0 Å². The monoisotopic (exact) mass is 253 g/mol. The van der Waals surface area contributed by atoms with Crippen molar-refractivity contribution in [2.24, 2.45) is 5.92 Å². The van der Waals surface area contributed by atoms with Gasteiger partial charge in [-0.1, -0.05) is 13.8 Å². The minimum atomic E-state index is 0.718. The molecule has 3 heteroatoms. The van der Waals surface area contributed by atoms with Crippen LogP contribution in [0.5, 0.6) is 0 Å². The lowest BCUT2D eigenvalue weighted by Gasteiger charge is -2.40. The molecule has 0 amide bonds. The van der Waals surface area contributed by atoms with Crippen LogP contribution in [0.2, 0.25) is 0 Å². The smallest absolute Gasteiger partial charge is 0.0221 e. The highest BCUT2D eigenvalue weighted by Crippen LogP contribution is 2.22. The quantitative estimate of drug-likeness (QED) is 0.824. The summed E-state index contributed by atoms with van der Waals surface area (Å²) in [5.41, 5.74) is 0. The van der Waals surface area contributed by atoms with Gasteiger partial charge in [-0.15, -0.1) is 0 Å². The third kappa shape index (κ3) is 3.25. The van der Waals surface area contributed by atoms with Gasteiger partial charge in [0.2, 0.25) is 0 Å². The van der Waals surface area contributed by atoms with E-state index in [2.05, 4.69) is 42.9 Å². The van der Waals surface area contributed by atoms with E-state index in [4.69, 9.17) is 0 Å². The summed E-state index contributed by atoms with van der Waals surface area (Å²) in [5.74, 6) is 0.780. The molecule has 2 saturated heterocycles. The fraction of sp³-hybridized carbons (Fsp3) is 1.00. The third-order valence-electron chi connectivity index (χ3n) is 5.13. The van der Waals surface area contributed by atoms with Gasteiger partial charge in [0.05, 0.1) is 0 Å². The summed E-state index contributed by atoms with van der Waals surface area (Å²) in [4.78, 5) is 5.13. The van der Waals surface area contributed by atoms with Crippen molar-refractivity contribution in [3.05, 3.63) is 0 Å². The third-order valence-corrected chi connectivity index (χ3v) is 5.13. The van der Waals surface area contributed by atoms with Gasteiger partial charge in [0, 0.05) is 31.2 Å². The average Bonchev–Trinajstić information content (AvgIpc) is 2.79. The van der Waals surface area contributed by atoms with Gasteiger partial charge in [0.1, 0.15) is 0 Å². The van der Waals surface area contributed by atoms with Gasteiger partial charge in [-0.2, -0.15) is 0 Å². The topological polar surface area (TPSA) is 18.5 Å². The van der Waals surface area contributed by atoms with E-state index >= 15 is 0 Å². The Morgan fingerprint density at radius 2 is 2.06 bits per heavy atom. The second kappa shape index (κ2) is 6.36. The molecule has 0 aromatic carbocycles. The average molecular weight is 253 g/mol. The first-order valence-corrected chi connectivity index (χ1v) is 7.79. The molecule has 0 saturated carbocycles. The minimum Gasteiger partial charge on any atom is -0.312 e. The summed E-state index contributed by atoms with van der Waals surface area (Å²) >= 11 is 0. The van der Waals surface area contributed by atoms with E-state index in [0.717, 1.165) is 24.0 Å². The number of rotatable bonds is 4. The van der Waals surface area contributed by atoms with Gasteiger partial charge in [0.25, 0.3) is 0 Å². The molecule has 4 unspecified atom stereocenters. The maximum Gasteiger partial charge on any atom is 0.0221 e. The molecule has 4 atom stereocenters. The molecule has 2 rings (SSSR count). The first-order valence-electron chi connectivity index (χ1n) is 7.79. The second-order valence-corrected chi connectivity index (χ2v) is 6.44. The summed E-state index contributed by atoms with van der Waals surface area (Å²) in [5, 5.41) is 3.86. The van der Waals surface area contributed by atoms with Gasteiger partial charge in [0.15, 0.2) is 0 Å². The van der Waals surface area contributed by atoms with E-state index in [1.165, 1.54) is 45.4 Å². The van der Waals surface area contributed by atoms with E-state index in [-0.39, 0.29) is 0 Å². The lowest BCUT2D eigenvalue weighted by molar-refractivity contribution is 0.116. The molecule has 0 aromatic heterocycles. The number of nitrogens with one attached hydrogen (secondary N) is 1. The molecule has 0 aliphatic carbocycles. The van der Waals surface area contributed by atoms with Crippen molar-refractivity contribution in [3.8, 4) is 0 Å². The Morgan fingerprint density at radius 1 is 1.28 bits per heavy atom. The fourth-order valence-electron chi connectivity index (χ4n) is 3.66. The van der Waals surface area contributed by atoms with E-state index in [0.29, 0.717) is 0 Å². The van der Waals surface area contributed by atoms with Crippen molar-refractivity contribution in [1.29, 1.82) is 0 Å². The highest BCUT2D eigenvalue weighted by molar-refractivity contribution is 4.88. The molecule has 0 radical (unpaired) electrons. The number of piperidine rings is 1. The van der Waals surface area contributed by atoms with E-state index in [9.17, 15) is 0 Å². The highest BCUT2D eigenvalue weighted by Gasteiger charge is 2.30. The molecule has 0 spiro atoms. The van der Waals surface area contributed by atoms with Crippen LogP contribution in [0.25, 0.3) is 0 Å². The zero-order valence-corrected chi connectivity index (χ0v) is 12.7. The van der Waals surface area contributed by atoms with Crippen molar-refractivity contribution < 1.29 is 0 Å². The Morgan fingerprint density at radius 3 is 2.78 bits per heavy atom. The van der Waals surface area contributed by atoms with Crippen molar-refractivity contribution in [1.82, 2.24) is 15.1 Å². The zero-order chi connectivity index (χ0) is 13.1. The number of hydrogen-bond donors (Lipinski definition) is 1. The normalized spacial score (nSPS) is 39.3. The summed E-state index contributed by atoms with van der Waals surface area (Å²) in [6.45, 7) is 12.0. The van der Waals surface area contributed by atoms with Crippen LogP contribution in [0.4, 0.5) is 0 Å². The molecule has 1 N–H and O–H groups in total. The molecule has 0 aromatic rings. The van der Waals surface area contributed by atoms with Crippen LogP contribution in [-0.2, 0) is 0 Å². The van der Waals surface area contributed by atoms with Gasteiger partial charge < -0.3 is 10.2 Å². The lowest BCUT2D eigenvalue weighted by atomic mass is 9.89. The van der Waals surface area contributed by atoms with Gasteiger partial charge in [-0.3, -0.25) is 4.90 Å². The first-order chi connectivity index (χ1) is 8.61.